The van der Waals surface area contributed by atoms with Crippen LogP contribution in [0.1, 0.15) is 46.7 Å². The number of methoxy groups -OCH3 is 1. The van der Waals surface area contributed by atoms with Crippen LogP contribution in [-0.4, -0.2) is 41.1 Å². The molecule has 1 saturated carbocycles. The maximum Gasteiger partial charge on any atom is 0.251 e. The third-order valence-electron chi connectivity index (χ3n) is 5.42. The van der Waals surface area contributed by atoms with Crippen LogP contribution in [0.3, 0.4) is 0 Å². The second-order valence-corrected chi connectivity index (χ2v) is 7.63. The van der Waals surface area contributed by atoms with Crippen LogP contribution in [0.4, 0.5) is 0 Å². The van der Waals surface area contributed by atoms with Gasteiger partial charge in [0.2, 0.25) is 5.88 Å². The molecule has 1 fully saturated rings. The summed E-state index contributed by atoms with van der Waals surface area (Å²) >= 11 is 0. The number of hydrogen-bond acceptors (Lipinski definition) is 5. The zero-order chi connectivity index (χ0) is 21.8. The lowest BCUT2D eigenvalue weighted by Crippen LogP contribution is -2.25. The van der Waals surface area contributed by atoms with Crippen LogP contribution < -0.4 is 5.32 Å². The Kier molecular flexibility index (Phi) is 6.01. The van der Waals surface area contributed by atoms with Crippen molar-refractivity contribution < 1.29 is 14.6 Å². The van der Waals surface area contributed by atoms with E-state index in [1.165, 1.54) is 4.68 Å². The second kappa shape index (κ2) is 9.02. The van der Waals surface area contributed by atoms with E-state index in [9.17, 15) is 15.2 Å². The molecule has 0 spiro atoms. The monoisotopic (exact) mass is 416 g/mol. The molecule has 0 saturated heterocycles. The minimum atomic E-state index is -0.153. The van der Waals surface area contributed by atoms with Gasteiger partial charge in [0.05, 0.1) is 29.1 Å². The van der Waals surface area contributed by atoms with Crippen molar-refractivity contribution in [1.82, 2.24) is 15.1 Å². The van der Waals surface area contributed by atoms with Gasteiger partial charge in [-0.1, -0.05) is 6.07 Å². The van der Waals surface area contributed by atoms with Gasteiger partial charge in [-0.3, -0.25) is 4.79 Å². The molecule has 3 aromatic rings. The van der Waals surface area contributed by atoms with Crippen LogP contribution in [0.25, 0.3) is 16.8 Å². The van der Waals surface area contributed by atoms with Gasteiger partial charge in [-0.05, 0) is 72.7 Å². The number of hydrogen-bond donors (Lipinski definition) is 2. The van der Waals surface area contributed by atoms with Crippen molar-refractivity contribution in [3.8, 4) is 28.8 Å². The van der Waals surface area contributed by atoms with Crippen molar-refractivity contribution in [2.75, 3.05) is 20.3 Å². The highest BCUT2D eigenvalue weighted by atomic mass is 16.5. The lowest BCUT2D eigenvalue weighted by atomic mass is 9.96. The summed E-state index contributed by atoms with van der Waals surface area (Å²) in [6, 6.07) is 14.7. The number of nitrogens with one attached hydrogen (secondary N) is 1. The third-order valence-corrected chi connectivity index (χ3v) is 5.42. The highest BCUT2D eigenvalue weighted by molar-refractivity contribution is 5.94. The lowest BCUT2D eigenvalue weighted by Gasteiger charge is -2.09. The van der Waals surface area contributed by atoms with Gasteiger partial charge in [0.25, 0.3) is 5.91 Å². The number of benzene rings is 2. The largest absolute Gasteiger partial charge is 0.493 e. The lowest BCUT2D eigenvalue weighted by molar-refractivity contribution is 0.0948. The SMILES string of the molecule is COCCCNC(=O)c1ccc(-n2ncc(-c3ccc(C#N)cc3C3CC3)c2O)cc1. The van der Waals surface area contributed by atoms with Gasteiger partial charge >= 0.3 is 0 Å². The Hall–Kier alpha value is -3.63. The summed E-state index contributed by atoms with van der Waals surface area (Å²) in [5, 5.41) is 27.3. The first-order chi connectivity index (χ1) is 15.1. The Balaban J connectivity index is 1.55. The zero-order valence-electron chi connectivity index (χ0n) is 17.3. The standard InChI is InChI=1S/C24H24N4O3/c1-31-12-2-11-26-23(29)18-6-8-19(9-7-18)28-24(30)22(15-27-28)20-10-3-16(14-25)13-21(20)17-4-5-17/h3,6-10,13,15,17,30H,2,4-5,11-12H2,1H3,(H,26,29). The van der Waals surface area contributed by atoms with Gasteiger partial charge in [-0.15, -0.1) is 0 Å². The van der Waals surface area contributed by atoms with Crippen molar-refractivity contribution in [2.45, 2.75) is 25.2 Å². The van der Waals surface area contributed by atoms with E-state index in [2.05, 4.69) is 16.5 Å². The molecule has 4 rings (SSSR count). The minimum Gasteiger partial charge on any atom is -0.493 e. The Labute approximate surface area is 180 Å². The summed E-state index contributed by atoms with van der Waals surface area (Å²) in [5.41, 5.74) is 4.42. The van der Waals surface area contributed by atoms with E-state index < -0.39 is 0 Å². The molecule has 1 amide bonds. The predicted molar refractivity (Wildman–Crippen MR) is 116 cm³/mol. The molecule has 7 nitrogen and oxygen atoms in total. The van der Waals surface area contributed by atoms with E-state index in [1.54, 1.807) is 43.6 Å². The molecule has 158 valence electrons. The van der Waals surface area contributed by atoms with Crippen LogP contribution in [-0.2, 0) is 4.74 Å². The summed E-state index contributed by atoms with van der Waals surface area (Å²) in [7, 11) is 1.63. The van der Waals surface area contributed by atoms with E-state index in [4.69, 9.17) is 4.74 Å². The maximum atomic E-state index is 12.2. The van der Waals surface area contributed by atoms with Crippen LogP contribution in [0.2, 0.25) is 0 Å². The fourth-order valence-corrected chi connectivity index (χ4v) is 3.61. The number of aromatic hydroxyl groups is 1. The molecule has 0 radical (unpaired) electrons. The highest BCUT2D eigenvalue weighted by Crippen LogP contribution is 2.46. The molecule has 0 unspecified atom stereocenters. The van der Waals surface area contributed by atoms with Crippen molar-refractivity contribution in [3.05, 3.63) is 65.4 Å². The highest BCUT2D eigenvalue weighted by Gasteiger charge is 2.28. The van der Waals surface area contributed by atoms with E-state index in [0.29, 0.717) is 41.4 Å². The normalized spacial score (nSPS) is 13.0. The number of carbonyl (C=O) groups is 1. The summed E-state index contributed by atoms with van der Waals surface area (Å²) in [6.45, 7) is 1.15. The van der Waals surface area contributed by atoms with E-state index in [1.807, 2.05) is 12.1 Å². The van der Waals surface area contributed by atoms with E-state index >= 15 is 0 Å². The quantitative estimate of drug-likeness (QED) is 0.545. The third kappa shape index (κ3) is 4.44. The molecule has 0 bridgehead atoms. The molecule has 0 atom stereocenters. The number of ether oxygens (including phenoxy) is 1. The first-order valence-corrected chi connectivity index (χ1v) is 10.3. The van der Waals surface area contributed by atoms with Crippen molar-refractivity contribution in [1.29, 1.82) is 5.26 Å². The number of amides is 1. The number of carbonyl (C=O) groups excluding carboxylic acids is 1. The number of nitrogens with zero attached hydrogens (tertiary/aromatic N) is 3. The molecule has 1 aliphatic carbocycles. The fraction of sp³-hybridized carbons (Fsp3) is 0.292. The van der Waals surface area contributed by atoms with Gasteiger partial charge in [0.15, 0.2) is 0 Å². The van der Waals surface area contributed by atoms with E-state index in [-0.39, 0.29) is 11.8 Å². The molecule has 2 aromatic carbocycles. The van der Waals surface area contributed by atoms with Crippen LogP contribution in [0, 0.1) is 11.3 Å². The molecule has 1 heterocycles. The Morgan fingerprint density at radius 3 is 2.71 bits per heavy atom. The summed E-state index contributed by atoms with van der Waals surface area (Å²) in [5.74, 6) is 0.302. The second-order valence-electron chi connectivity index (χ2n) is 7.63. The zero-order valence-corrected chi connectivity index (χ0v) is 17.3. The Bertz CT molecular complexity index is 1120. The fourth-order valence-electron chi connectivity index (χ4n) is 3.61. The van der Waals surface area contributed by atoms with Gasteiger partial charge in [-0.25, -0.2) is 4.68 Å². The maximum absolute atomic E-state index is 12.2. The van der Waals surface area contributed by atoms with Gasteiger partial charge in [0, 0.05) is 25.8 Å². The first-order valence-electron chi connectivity index (χ1n) is 10.3. The molecule has 31 heavy (non-hydrogen) atoms. The van der Waals surface area contributed by atoms with Crippen LogP contribution in [0.5, 0.6) is 5.88 Å². The smallest absolute Gasteiger partial charge is 0.251 e. The van der Waals surface area contributed by atoms with E-state index in [0.717, 1.165) is 30.4 Å². The molecular weight excluding hydrogens is 392 g/mol. The van der Waals surface area contributed by atoms with Crippen molar-refractivity contribution in [3.63, 3.8) is 0 Å². The number of aromatic nitrogens is 2. The van der Waals surface area contributed by atoms with Crippen LogP contribution in [0.15, 0.2) is 48.7 Å². The average molecular weight is 416 g/mol. The van der Waals surface area contributed by atoms with Crippen molar-refractivity contribution in [2.24, 2.45) is 0 Å². The first kappa shape index (κ1) is 20.6. The molecule has 1 aromatic heterocycles. The minimum absolute atomic E-state index is 0.0309. The Morgan fingerprint density at radius 1 is 1.26 bits per heavy atom. The van der Waals surface area contributed by atoms with Crippen LogP contribution >= 0.6 is 0 Å². The predicted octanol–water partition coefficient (Wildman–Crippen LogP) is 3.76. The number of nitriles is 1. The summed E-state index contributed by atoms with van der Waals surface area (Å²) in [4.78, 5) is 12.2. The van der Waals surface area contributed by atoms with Crippen molar-refractivity contribution >= 4 is 5.91 Å². The van der Waals surface area contributed by atoms with Gasteiger partial charge in [0.1, 0.15) is 0 Å². The molecular formula is C24H24N4O3. The number of rotatable bonds is 8. The molecule has 1 aliphatic rings. The molecule has 0 aliphatic heterocycles. The molecule has 7 heteroatoms. The Morgan fingerprint density at radius 2 is 2.03 bits per heavy atom. The van der Waals surface area contributed by atoms with Gasteiger partial charge in [-0.2, -0.15) is 10.4 Å². The topological polar surface area (TPSA) is 100 Å². The molecule has 2 N–H and O–H groups in total. The summed E-state index contributed by atoms with van der Waals surface area (Å²) in [6.07, 6.45) is 4.57. The van der Waals surface area contributed by atoms with Gasteiger partial charge < -0.3 is 15.2 Å². The average Bonchev–Trinajstić information content (AvgIpc) is 3.58. The summed E-state index contributed by atoms with van der Waals surface area (Å²) < 4.78 is 6.42.